The molecule has 2 saturated heterocycles. The fourth-order valence-corrected chi connectivity index (χ4v) is 2.64. The predicted molar refractivity (Wildman–Crippen MR) is 68.5 cm³/mol. The van der Waals surface area contributed by atoms with Gasteiger partial charge >= 0.3 is 0 Å². The molecule has 0 unspecified atom stereocenters. The van der Waals surface area contributed by atoms with Gasteiger partial charge in [-0.2, -0.15) is 0 Å². The first-order valence-electron chi connectivity index (χ1n) is 6.71. The third-order valence-electron chi connectivity index (χ3n) is 3.73. The smallest absolute Gasteiger partial charge is 0.0610 e. The van der Waals surface area contributed by atoms with Crippen LogP contribution in [-0.2, 0) is 0 Å². The van der Waals surface area contributed by atoms with E-state index in [1.807, 2.05) is 0 Å². The topological polar surface area (TPSA) is 27.3 Å². The SMILES string of the molecule is CC=C(CCN1CCCC1)CC1NCCN1. The van der Waals surface area contributed by atoms with Crippen molar-refractivity contribution in [2.24, 2.45) is 0 Å². The molecule has 2 heterocycles. The minimum atomic E-state index is 0.518. The molecule has 0 saturated carbocycles. The van der Waals surface area contributed by atoms with Crippen molar-refractivity contribution >= 4 is 0 Å². The molecule has 0 aliphatic carbocycles. The summed E-state index contributed by atoms with van der Waals surface area (Å²) in [4.78, 5) is 2.60. The molecule has 0 aromatic heterocycles. The maximum absolute atomic E-state index is 3.48. The van der Waals surface area contributed by atoms with Crippen LogP contribution >= 0.6 is 0 Å². The van der Waals surface area contributed by atoms with Gasteiger partial charge in [0, 0.05) is 19.6 Å². The Hall–Kier alpha value is -0.380. The van der Waals surface area contributed by atoms with Crippen molar-refractivity contribution in [2.75, 3.05) is 32.7 Å². The number of rotatable bonds is 5. The summed E-state index contributed by atoms with van der Waals surface area (Å²) in [7, 11) is 0. The van der Waals surface area contributed by atoms with Gasteiger partial charge in [0.2, 0.25) is 0 Å². The highest BCUT2D eigenvalue weighted by molar-refractivity contribution is 5.04. The third kappa shape index (κ3) is 3.58. The standard InChI is InChI=1S/C13H25N3/c1-2-12(11-13-14-6-7-15-13)5-10-16-8-3-4-9-16/h2,13-15H,3-11H2,1H3. The molecule has 3 nitrogen and oxygen atoms in total. The van der Waals surface area contributed by atoms with Gasteiger partial charge in [-0.1, -0.05) is 11.6 Å². The molecule has 0 bridgehead atoms. The lowest BCUT2D eigenvalue weighted by molar-refractivity contribution is 0.340. The lowest BCUT2D eigenvalue weighted by atomic mass is 10.1. The van der Waals surface area contributed by atoms with Crippen LogP contribution in [0.15, 0.2) is 11.6 Å². The summed E-state index contributed by atoms with van der Waals surface area (Å²) in [6.07, 6.45) is 8.04. The van der Waals surface area contributed by atoms with Crippen molar-refractivity contribution in [3.63, 3.8) is 0 Å². The van der Waals surface area contributed by atoms with Crippen molar-refractivity contribution in [1.82, 2.24) is 15.5 Å². The van der Waals surface area contributed by atoms with Crippen LogP contribution in [0.1, 0.15) is 32.6 Å². The van der Waals surface area contributed by atoms with Crippen molar-refractivity contribution in [2.45, 2.75) is 38.8 Å². The van der Waals surface area contributed by atoms with Crippen LogP contribution in [-0.4, -0.2) is 43.8 Å². The molecule has 3 heteroatoms. The fraction of sp³-hybridized carbons (Fsp3) is 0.846. The molecule has 2 aliphatic rings. The summed E-state index contributed by atoms with van der Waals surface area (Å²) < 4.78 is 0. The van der Waals surface area contributed by atoms with Crippen LogP contribution in [0.25, 0.3) is 0 Å². The first kappa shape index (κ1) is 12.1. The van der Waals surface area contributed by atoms with E-state index in [1.165, 1.54) is 45.3 Å². The van der Waals surface area contributed by atoms with E-state index >= 15 is 0 Å². The largest absolute Gasteiger partial charge is 0.303 e. The van der Waals surface area contributed by atoms with Gasteiger partial charge in [0.1, 0.15) is 0 Å². The highest BCUT2D eigenvalue weighted by Crippen LogP contribution is 2.14. The van der Waals surface area contributed by atoms with Gasteiger partial charge in [0.05, 0.1) is 6.17 Å². The van der Waals surface area contributed by atoms with E-state index < -0.39 is 0 Å². The molecule has 0 radical (unpaired) electrons. The van der Waals surface area contributed by atoms with Gasteiger partial charge in [-0.15, -0.1) is 0 Å². The van der Waals surface area contributed by atoms with E-state index in [4.69, 9.17) is 0 Å². The van der Waals surface area contributed by atoms with Crippen molar-refractivity contribution in [1.29, 1.82) is 0 Å². The molecule has 0 atom stereocenters. The average molecular weight is 223 g/mol. The molecule has 2 aliphatic heterocycles. The Morgan fingerprint density at radius 2 is 1.94 bits per heavy atom. The summed E-state index contributed by atoms with van der Waals surface area (Å²) in [5.74, 6) is 0. The zero-order chi connectivity index (χ0) is 11.2. The number of hydrogen-bond acceptors (Lipinski definition) is 3. The number of nitrogens with one attached hydrogen (secondary N) is 2. The van der Waals surface area contributed by atoms with Gasteiger partial charge in [0.15, 0.2) is 0 Å². The minimum absolute atomic E-state index is 0.518. The van der Waals surface area contributed by atoms with Crippen molar-refractivity contribution in [3.8, 4) is 0 Å². The maximum Gasteiger partial charge on any atom is 0.0610 e. The summed E-state index contributed by atoms with van der Waals surface area (Å²) in [5, 5.41) is 6.97. The third-order valence-corrected chi connectivity index (χ3v) is 3.73. The lowest BCUT2D eigenvalue weighted by Crippen LogP contribution is -2.31. The average Bonchev–Trinajstić information content (AvgIpc) is 2.97. The normalized spacial score (nSPS) is 24.4. The van der Waals surface area contributed by atoms with Crippen LogP contribution in [0.2, 0.25) is 0 Å². The predicted octanol–water partition coefficient (Wildman–Crippen LogP) is 1.33. The van der Waals surface area contributed by atoms with E-state index in [0.717, 1.165) is 13.1 Å². The molecular weight excluding hydrogens is 198 g/mol. The molecule has 0 amide bonds. The molecule has 0 aromatic carbocycles. The molecule has 2 fully saturated rings. The summed E-state index contributed by atoms with van der Waals surface area (Å²) >= 11 is 0. The first-order chi connectivity index (χ1) is 7.88. The van der Waals surface area contributed by atoms with E-state index in [0.29, 0.717) is 6.17 Å². The van der Waals surface area contributed by atoms with Gasteiger partial charge in [-0.25, -0.2) is 0 Å². The summed E-state index contributed by atoms with van der Waals surface area (Å²) in [5.41, 5.74) is 1.60. The summed E-state index contributed by atoms with van der Waals surface area (Å²) in [6.45, 7) is 8.30. The molecular formula is C13H25N3. The quantitative estimate of drug-likeness (QED) is 0.689. The highest BCUT2D eigenvalue weighted by Gasteiger charge is 2.16. The van der Waals surface area contributed by atoms with Crippen molar-refractivity contribution < 1.29 is 0 Å². The second-order valence-corrected chi connectivity index (χ2v) is 4.91. The highest BCUT2D eigenvalue weighted by atomic mass is 15.2. The zero-order valence-electron chi connectivity index (χ0n) is 10.5. The molecule has 0 aromatic rings. The summed E-state index contributed by atoms with van der Waals surface area (Å²) in [6, 6.07) is 0. The second-order valence-electron chi connectivity index (χ2n) is 4.91. The number of hydrogen-bond donors (Lipinski definition) is 2. The van der Waals surface area contributed by atoms with Gasteiger partial charge in [-0.3, -0.25) is 0 Å². The van der Waals surface area contributed by atoms with Crippen molar-refractivity contribution in [3.05, 3.63) is 11.6 Å². The monoisotopic (exact) mass is 223 g/mol. The van der Waals surface area contributed by atoms with Gasteiger partial charge in [-0.05, 0) is 45.7 Å². The zero-order valence-corrected chi connectivity index (χ0v) is 10.5. The minimum Gasteiger partial charge on any atom is -0.303 e. The Kier molecular flexibility index (Phi) is 4.82. The van der Waals surface area contributed by atoms with E-state index in [1.54, 1.807) is 5.57 Å². The Morgan fingerprint density at radius 1 is 1.25 bits per heavy atom. The number of nitrogens with zero attached hydrogens (tertiary/aromatic N) is 1. The van der Waals surface area contributed by atoms with E-state index in [-0.39, 0.29) is 0 Å². The fourth-order valence-electron chi connectivity index (χ4n) is 2.64. The number of allylic oxidation sites excluding steroid dienone is 1. The molecule has 2 rings (SSSR count). The van der Waals surface area contributed by atoms with E-state index in [2.05, 4.69) is 28.5 Å². The van der Waals surface area contributed by atoms with E-state index in [9.17, 15) is 0 Å². The second kappa shape index (κ2) is 6.38. The first-order valence-corrected chi connectivity index (χ1v) is 6.71. The maximum atomic E-state index is 3.48. The number of likely N-dealkylation sites (tertiary alicyclic amines) is 1. The van der Waals surface area contributed by atoms with Crippen LogP contribution in [0.4, 0.5) is 0 Å². The Morgan fingerprint density at radius 3 is 2.56 bits per heavy atom. The molecule has 92 valence electrons. The van der Waals surface area contributed by atoms with Crippen LogP contribution in [0, 0.1) is 0 Å². The molecule has 0 spiro atoms. The van der Waals surface area contributed by atoms with Crippen LogP contribution in [0.5, 0.6) is 0 Å². The molecule has 2 N–H and O–H groups in total. The van der Waals surface area contributed by atoms with Gasteiger partial charge < -0.3 is 15.5 Å². The molecule has 16 heavy (non-hydrogen) atoms. The van der Waals surface area contributed by atoms with Crippen LogP contribution in [0.3, 0.4) is 0 Å². The Balaban J connectivity index is 1.68. The Bertz CT molecular complexity index is 225. The van der Waals surface area contributed by atoms with Crippen LogP contribution < -0.4 is 10.6 Å². The lowest BCUT2D eigenvalue weighted by Gasteiger charge is -2.18. The van der Waals surface area contributed by atoms with Gasteiger partial charge in [0.25, 0.3) is 0 Å². The Labute approximate surface area is 99.3 Å².